The minimum absolute atomic E-state index is 1.34. The van der Waals surface area contributed by atoms with Gasteiger partial charge in [0, 0.05) is 0 Å². The van der Waals surface area contributed by atoms with Gasteiger partial charge in [0.15, 0.2) is 0 Å². The van der Waals surface area contributed by atoms with Crippen LogP contribution in [0.15, 0.2) is 10.6 Å². The van der Waals surface area contributed by atoms with Gasteiger partial charge in [-0.05, 0) is 15.9 Å². The van der Waals surface area contributed by atoms with Gasteiger partial charge in [0.1, 0.15) is 4.48 Å². The van der Waals surface area contributed by atoms with Gasteiger partial charge >= 0.3 is 0 Å². The monoisotopic (exact) mass is 192 g/mol. The lowest BCUT2D eigenvalue weighted by atomic mass is 10.7. The molecule has 0 heterocycles. The second-order valence-electron chi connectivity index (χ2n) is 0.909. The van der Waals surface area contributed by atoms with Crippen molar-refractivity contribution < 1.29 is 17.6 Å². The highest BCUT2D eigenvalue weighted by molar-refractivity contribution is 9.11. The van der Waals surface area contributed by atoms with Crippen molar-refractivity contribution >= 4 is 15.9 Å². The maximum absolute atomic E-state index is 11.1. The second kappa shape index (κ2) is 3.06. The van der Waals surface area contributed by atoms with Gasteiger partial charge in [0.25, 0.3) is 12.5 Å². The average molecular weight is 193 g/mol. The van der Waals surface area contributed by atoms with Crippen LogP contribution in [-0.2, 0) is 0 Å². The van der Waals surface area contributed by atoms with Crippen LogP contribution in [0.25, 0.3) is 0 Å². The first-order valence-electron chi connectivity index (χ1n) is 1.54. The SMILES string of the molecule is FC(F)=C(Br)C(F)F. The Morgan fingerprint density at radius 3 is 1.62 bits per heavy atom. The maximum Gasteiger partial charge on any atom is 0.286 e. The number of halogens is 5. The van der Waals surface area contributed by atoms with Gasteiger partial charge in [0.2, 0.25) is 0 Å². The largest absolute Gasteiger partial charge is 0.286 e. The Hall–Kier alpha value is -0.0600. The number of allylic oxidation sites excluding steroid dienone is 1. The molecule has 0 N–H and O–H groups in total. The summed E-state index contributed by atoms with van der Waals surface area (Å²) in [6.45, 7) is 0. The quantitative estimate of drug-likeness (QED) is 0.561. The summed E-state index contributed by atoms with van der Waals surface area (Å²) < 4.78 is 42.9. The Balaban J connectivity index is 4.00. The number of hydrogen-bond acceptors (Lipinski definition) is 0. The maximum atomic E-state index is 11.1. The van der Waals surface area contributed by atoms with E-state index in [-0.39, 0.29) is 0 Å². The van der Waals surface area contributed by atoms with Crippen LogP contribution in [-0.4, -0.2) is 6.43 Å². The minimum atomic E-state index is -3.11. The Morgan fingerprint density at radius 2 is 1.62 bits per heavy atom. The average Bonchev–Trinajstić information content (AvgIpc) is 1.64. The summed E-state index contributed by atoms with van der Waals surface area (Å²) in [6, 6.07) is 0. The van der Waals surface area contributed by atoms with E-state index in [1.165, 1.54) is 0 Å². The molecule has 0 amide bonds. The van der Waals surface area contributed by atoms with Crippen molar-refractivity contribution in [1.82, 2.24) is 0 Å². The Bertz CT molecular complexity index is 104. The van der Waals surface area contributed by atoms with Gasteiger partial charge in [-0.15, -0.1) is 0 Å². The Labute approximate surface area is 51.3 Å². The van der Waals surface area contributed by atoms with E-state index in [0.717, 1.165) is 0 Å². The second-order valence-corrected chi connectivity index (χ2v) is 1.76. The van der Waals surface area contributed by atoms with Gasteiger partial charge in [0.05, 0.1) is 0 Å². The fourth-order valence-corrected chi connectivity index (χ4v) is 0.0825. The Kier molecular flexibility index (Phi) is 3.04. The number of rotatable bonds is 1. The highest BCUT2D eigenvalue weighted by Crippen LogP contribution is 2.21. The van der Waals surface area contributed by atoms with Crippen LogP contribution in [0.4, 0.5) is 17.6 Å². The summed E-state index contributed by atoms with van der Waals surface area (Å²) in [7, 11) is 0. The van der Waals surface area contributed by atoms with E-state index in [1.807, 2.05) is 15.9 Å². The van der Waals surface area contributed by atoms with Crippen molar-refractivity contribution in [3.63, 3.8) is 0 Å². The van der Waals surface area contributed by atoms with Gasteiger partial charge in [-0.25, -0.2) is 8.78 Å². The lowest BCUT2D eigenvalue weighted by molar-refractivity contribution is 0.192. The molecule has 0 bridgehead atoms. The molecule has 0 aromatic carbocycles. The first kappa shape index (κ1) is 7.94. The smallest absolute Gasteiger partial charge is 0.204 e. The number of hydrogen-bond donors (Lipinski definition) is 0. The van der Waals surface area contributed by atoms with E-state index >= 15 is 0 Å². The first-order valence-corrected chi connectivity index (χ1v) is 2.34. The van der Waals surface area contributed by atoms with Gasteiger partial charge in [-0.3, -0.25) is 0 Å². The summed E-state index contributed by atoms with van der Waals surface area (Å²) in [5.74, 6) is 0. The highest BCUT2D eigenvalue weighted by Gasteiger charge is 2.12. The van der Waals surface area contributed by atoms with Crippen molar-refractivity contribution in [2.45, 2.75) is 6.43 Å². The molecule has 0 saturated carbocycles. The third-order valence-corrected chi connectivity index (χ3v) is 1.02. The molecular weight excluding hydrogens is 192 g/mol. The molecule has 0 radical (unpaired) electrons. The molecule has 0 aliphatic rings. The third-order valence-electron chi connectivity index (χ3n) is 0.372. The molecule has 0 saturated heterocycles. The van der Waals surface area contributed by atoms with Crippen molar-refractivity contribution in [1.29, 1.82) is 0 Å². The molecule has 0 spiro atoms. The van der Waals surface area contributed by atoms with Crippen LogP contribution in [0, 0.1) is 0 Å². The van der Waals surface area contributed by atoms with E-state index in [9.17, 15) is 17.6 Å². The number of alkyl halides is 2. The molecule has 0 aliphatic carbocycles. The van der Waals surface area contributed by atoms with Gasteiger partial charge < -0.3 is 0 Å². The zero-order chi connectivity index (χ0) is 6.73. The zero-order valence-electron chi connectivity index (χ0n) is 3.47. The zero-order valence-corrected chi connectivity index (χ0v) is 5.05. The van der Waals surface area contributed by atoms with Crippen LogP contribution in [0.2, 0.25) is 0 Å². The molecule has 0 aromatic rings. The third kappa shape index (κ3) is 2.30. The molecule has 0 aliphatic heterocycles. The van der Waals surface area contributed by atoms with Crippen molar-refractivity contribution in [2.24, 2.45) is 0 Å². The highest BCUT2D eigenvalue weighted by atomic mass is 79.9. The van der Waals surface area contributed by atoms with E-state index in [0.29, 0.717) is 0 Å². The standard InChI is InChI=1S/C3HBrF4/c4-1(2(5)6)3(7)8/h2H. The molecule has 0 atom stereocenters. The molecule has 5 heteroatoms. The van der Waals surface area contributed by atoms with Gasteiger partial charge in [-0.2, -0.15) is 8.78 Å². The van der Waals surface area contributed by atoms with Crippen LogP contribution in [0.3, 0.4) is 0 Å². The molecule has 0 aromatic heterocycles. The molecule has 0 nitrogen and oxygen atoms in total. The van der Waals surface area contributed by atoms with Crippen molar-refractivity contribution in [3.8, 4) is 0 Å². The van der Waals surface area contributed by atoms with Crippen molar-refractivity contribution in [3.05, 3.63) is 10.6 Å². The van der Waals surface area contributed by atoms with Crippen molar-refractivity contribution in [2.75, 3.05) is 0 Å². The molecule has 0 fully saturated rings. The summed E-state index contributed by atoms with van der Waals surface area (Å²) in [4.78, 5) is 0. The molecule has 0 rings (SSSR count). The summed E-state index contributed by atoms with van der Waals surface area (Å²) >= 11 is 1.99. The normalized spacial score (nSPS) is 9.75. The summed E-state index contributed by atoms with van der Waals surface area (Å²) in [6.07, 6.45) is -5.49. The molecule has 8 heavy (non-hydrogen) atoms. The first-order chi connectivity index (χ1) is 3.55. The topological polar surface area (TPSA) is 0 Å². The lowest BCUT2D eigenvalue weighted by Gasteiger charge is -1.90. The summed E-state index contributed by atoms with van der Waals surface area (Å²) in [5, 5.41) is 0. The van der Waals surface area contributed by atoms with Crippen LogP contribution in [0.1, 0.15) is 0 Å². The van der Waals surface area contributed by atoms with E-state index in [1.54, 1.807) is 0 Å². The van der Waals surface area contributed by atoms with E-state index in [4.69, 9.17) is 0 Å². The van der Waals surface area contributed by atoms with Crippen LogP contribution < -0.4 is 0 Å². The fraction of sp³-hybridized carbons (Fsp3) is 0.333. The lowest BCUT2D eigenvalue weighted by Crippen LogP contribution is -1.88. The van der Waals surface area contributed by atoms with Crippen LogP contribution in [0.5, 0.6) is 0 Å². The molecule has 48 valence electrons. The van der Waals surface area contributed by atoms with Gasteiger partial charge in [-0.1, -0.05) is 0 Å². The molecular formula is C3HBrF4. The Morgan fingerprint density at radius 1 is 1.25 bits per heavy atom. The fourth-order valence-electron chi connectivity index (χ4n) is 0.0825. The predicted molar refractivity (Wildman–Crippen MR) is 24.2 cm³/mol. The van der Waals surface area contributed by atoms with E-state index in [2.05, 4.69) is 0 Å². The minimum Gasteiger partial charge on any atom is -0.204 e. The molecule has 0 unspecified atom stereocenters. The summed E-state index contributed by atoms with van der Waals surface area (Å²) in [5.41, 5.74) is 0. The van der Waals surface area contributed by atoms with Crippen LogP contribution >= 0.6 is 15.9 Å². The van der Waals surface area contributed by atoms with E-state index < -0.39 is 17.0 Å². The predicted octanol–water partition coefficient (Wildman–Crippen LogP) is 2.75.